The van der Waals surface area contributed by atoms with E-state index in [1.54, 1.807) is 12.3 Å². The van der Waals surface area contributed by atoms with E-state index >= 15 is 0 Å². The minimum atomic E-state index is -0.359. The molecule has 6 heteroatoms. The van der Waals surface area contributed by atoms with Gasteiger partial charge in [-0.25, -0.2) is 4.79 Å². The van der Waals surface area contributed by atoms with Crippen LogP contribution in [0.25, 0.3) is 5.69 Å². The second-order valence-corrected chi connectivity index (χ2v) is 6.10. The van der Waals surface area contributed by atoms with Crippen molar-refractivity contribution in [3.63, 3.8) is 0 Å². The molecule has 122 valence electrons. The summed E-state index contributed by atoms with van der Waals surface area (Å²) in [7, 11) is 0. The fraction of sp³-hybridized carbons (Fsp3) is 0.412. The molecule has 0 atom stereocenters. The molecule has 0 amide bonds. The average molecular weight is 313 g/mol. The van der Waals surface area contributed by atoms with Crippen molar-refractivity contribution in [3.05, 3.63) is 52.6 Å². The lowest BCUT2D eigenvalue weighted by molar-refractivity contribution is 0.215. The summed E-state index contributed by atoms with van der Waals surface area (Å²) in [5.41, 5.74) is 13.1. The largest absolute Gasteiger partial charge is 0.383 e. The second-order valence-electron chi connectivity index (χ2n) is 6.10. The summed E-state index contributed by atoms with van der Waals surface area (Å²) in [4.78, 5) is 18.0. The van der Waals surface area contributed by atoms with Crippen molar-refractivity contribution in [2.45, 2.75) is 25.3 Å². The number of hydrogen-bond acceptors (Lipinski definition) is 5. The quantitative estimate of drug-likeness (QED) is 0.870. The molecule has 0 aliphatic carbocycles. The van der Waals surface area contributed by atoms with Gasteiger partial charge in [-0.05, 0) is 56.1 Å². The summed E-state index contributed by atoms with van der Waals surface area (Å²) in [6.45, 7) is 3.23. The molecular weight excluding hydrogens is 290 g/mol. The summed E-state index contributed by atoms with van der Waals surface area (Å²) in [5, 5.41) is 0. The summed E-state index contributed by atoms with van der Waals surface area (Å²) in [5.74, 6) is 0.240. The first kappa shape index (κ1) is 15.7. The Kier molecular flexibility index (Phi) is 4.73. The third-order valence-electron chi connectivity index (χ3n) is 4.39. The topological polar surface area (TPSA) is 90.2 Å². The molecule has 4 N–H and O–H groups in total. The predicted octanol–water partition coefficient (Wildman–Crippen LogP) is 0.780. The van der Waals surface area contributed by atoms with Crippen LogP contribution in [0.15, 0.2) is 41.3 Å². The third-order valence-corrected chi connectivity index (χ3v) is 4.39. The molecule has 3 rings (SSSR count). The Morgan fingerprint density at radius 2 is 1.83 bits per heavy atom. The van der Waals surface area contributed by atoms with E-state index in [4.69, 9.17) is 11.5 Å². The van der Waals surface area contributed by atoms with E-state index < -0.39 is 0 Å². The van der Waals surface area contributed by atoms with Gasteiger partial charge in [0.05, 0.1) is 5.69 Å². The van der Waals surface area contributed by atoms with Gasteiger partial charge in [0.15, 0.2) is 0 Å². The SMILES string of the molecule is Nc1ccn(-c2ccc(CCN3CCC(N)CC3)cc2)c(=O)n1. The van der Waals surface area contributed by atoms with Gasteiger partial charge in [-0.3, -0.25) is 4.57 Å². The normalized spacial score (nSPS) is 16.6. The number of aromatic nitrogens is 2. The van der Waals surface area contributed by atoms with Gasteiger partial charge in [-0.1, -0.05) is 12.1 Å². The van der Waals surface area contributed by atoms with Gasteiger partial charge < -0.3 is 16.4 Å². The molecule has 0 unspecified atom stereocenters. The van der Waals surface area contributed by atoms with E-state index in [0.29, 0.717) is 6.04 Å². The molecule has 1 saturated heterocycles. The molecule has 23 heavy (non-hydrogen) atoms. The molecule has 1 aromatic carbocycles. The van der Waals surface area contributed by atoms with Gasteiger partial charge in [-0.15, -0.1) is 0 Å². The Bertz CT molecular complexity index is 702. The maximum absolute atomic E-state index is 11.8. The zero-order valence-corrected chi connectivity index (χ0v) is 13.2. The highest BCUT2D eigenvalue weighted by Gasteiger charge is 2.15. The van der Waals surface area contributed by atoms with Gasteiger partial charge in [-0.2, -0.15) is 4.98 Å². The number of nitrogens with two attached hydrogens (primary N) is 2. The Labute approximate surface area is 135 Å². The van der Waals surface area contributed by atoms with Crippen molar-refractivity contribution < 1.29 is 0 Å². The molecule has 2 aromatic rings. The number of hydrogen-bond donors (Lipinski definition) is 2. The van der Waals surface area contributed by atoms with E-state index in [9.17, 15) is 4.79 Å². The summed E-state index contributed by atoms with van der Waals surface area (Å²) < 4.78 is 1.49. The van der Waals surface area contributed by atoms with Crippen LogP contribution in [0.2, 0.25) is 0 Å². The van der Waals surface area contributed by atoms with Crippen LogP contribution >= 0.6 is 0 Å². The highest BCUT2D eigenvalue weighted by Crippen LogP contribution is 2.12. The van der Waals surface area contributed by atoms with Gasteiger partial charge in [0.1, 0.15) is 5.82 Å². The van der Waals surface area contributed by atoms with Gasteiger partial charge in [0.2, 0.25) is 0 Å². The summed E-state index contributed by atoms with van der Waals surface area (Å²) in [6.07, 6.45) is 4.83. The van der Waals surface area contributed by atoms with E-state index in [1.807, 2.05) is 12.1 Å². The fourth-order valence-electron chi connectivity index (χ4n) is 2.90. The molecule has 1 aliphatic rings. The van der Waals surface area contributed by atoms with Crippen molar-refractivity contribution in [2.75, 3.05) is 25.4 Å². The third kappa shape index (κ3) is 3.97. The molecule has 0 spiro atoms. The smallest absolute Gasteiger partial charge is 0.354 e. The number of nitrogen functional groups attached to an aromatic ring is 1. The molecule has 1 fully saturated rings. The van der Waals surface area contributed by atoms with Gasteiger partial charge >= 0.3 is 5.69 Å². The van der Waals surface area contributed by atoms with Crippen LogP contribution in [0.4, 0.5) is 5.82 Å². The van der Waals surface area contributed by atoms with E-state index in [1.165, 1.54) is 10.1 Å². The lowest BCUT2D eigenvalue weighted by atomic mass is 10.1. The fourth-order valence-corrected chi connectivity index (χ4v) is 2.90. The Morgan fingerprint density at radius 3 is 2.48 bits per heavy atom. The number of rotatable bonds is 4. The first-order valence-electron chi connectivity index (χ1n) is 8.04. The standard InChI is InChI=1S/C17H23N5O/c18-14-6-10-21(11-7-14)9-5-13-1-3-15(4-2-13)22-12-8-16(19)20-17(22)23/h1-4,8,12,14H,5-7,9-11,18H2,(H2,19,20,23). The van der Waals surface area contributed by atoms with Gasteiger partial charge in [0.25, 0.3) is 0 Å². The Hall–Kier alpha value is -2.18. The number of piperidine rings is 1. The van der Waals surface area contributed by atoms with Crippen LogP contribution in [0.5, 0.6) is 0 Å². The van der Waals surface area contributed by atoms with E-state index in [0.717, 1.165) is 44.6 Å². The Morgan fingerprint density at radius 1 is 1.13 bits per heavy atom. The first-order chi connectivity index (χ1) is 11.1. The van der Waals surface area contributed by atoms with Crippen molar-refractivity contribution in [3.8, 4) is 5.69 Å². The van der Waals surface area contributed by atoms with Crippen molar-refractivity contribution in [1.29, 1.82) is 0 Å². The lowest BCUT2D eigenvalue weighted by Crippen LogP contribution is -2.40. The van der Waals surface area contributed by atoms with Crippen molar-refractivity contribution >= 4 is 5.82 Å². The monoisotopic (exact) mass is 313 g/mol. The first-order valence-corrected chi connectivity index (χ1v) is 8.04. The molecule has 1 aliphatic heterocycles. The summed E-state index contributed by atoms with van der Waals surface area (Å²) >= 11 is 0. The van der Waals surface area contributed by atoms with Crippen molar-refractivity contribution in [2.24, 2.45) is 5.73 Å². The molecule has 0 radical (unpaired) electrons. The Balaban J connectivity index is 1.62. The zero-order chi connectivity index (χ0) is 16.2. The number of nitrogens with zero attached hydrogens (tertiary/aromatic N) is 3. The van der Waals surface area contributed by atoms with Crippen LogP contribution in [0.3, 0.4) is 0 Å². The van der Waals surface area contributed by atoms with Crippen LogP contribution < -0.4 is 17.2 Å². The molecule has 6 nitrogen and oxygen atoms in total. The predicted molar refractivity (Wildman–Crippen MR) is 91.6 cm³/mol. The molecule has 0 bridgehead atoms. The highest BCUT2D eigenvalue weighted by molar-refractivity contribution is 5.36. The maximum Gasteiger partial charge on any atom is 0.354 e. The minimum absolute atomic E-state index is 0.240. The molecule has 0 saturated carbocycles. The molecule has 2 heterocycles. The highest BCUT2D eigenvalue weighted by atomic mass is 16.1. The van der Waals surface area contributed by atoms with Crippen LogP contribution in [-0.4, -0.2) is 40.1 Å². The van der Waals surface area contributed by atoms with Crippen LogP contribution in [0.1, 0.15) is 18.4 Å². The number of anilines is 1. The maximum atomic E-state index is 11.8. The second kappa shape index (κ2) is 6.93. The number of likely N-dealkylation sites (tertiary alicyclic amines) is 1. The number of benzene rings is 1. The molecular formula is C17H23N5O. The molecule has 1 aromatic heterocycles. The van der Waals surface area contributed by atoms with Gasteiger partial charge in [0, 0.05) is 18.8 Å². The van der Waals surface area contributed by atoms with Crippen LogP contribution in [-0.2, 0) is 6.42 Å². The van der Waals surface area contributed by atoms with Crippen LogP contribution in [0, 0.1) is 0 Å². The minimum Gasteiger partial charge on any atom is -0.383 e. The zero-order valence-electron chi connectivity index (χ0n) is 13.2. The summed E-state index contributed by atoms with van der Waals surface area (Å²) in [6, 6.07) is 10.0. The van der Waals surface area contributed by atoms with E-state index in [-0.39, 0.29) is 11.5 Å². The lowest BCUT2D eigenvalue weighted by Gasteiger charge is -2.29. The van der Waals surface area contributed by atoms with E-state index in [2.05, 4.69) is 22.0 Å². The van der Waals surface area contributed by atoms with Crippen molar-refractivity contribution in [1.82, 2.24) is 14.5 Å². The average Bonchev–Trinajstić information content (AvgIpc) is 2.55.